The van der Waals surface area contributed by atoms with Gasteiger partial charge in [-0.3, -0.25) is 0 Å². The van der Waals surface area contributed by atoms with E-state index in [9.17, 15) is 4.79 Å². The maximum atomic E-state index is 11.2. The summed E-state index contributed by atoms with van der Waals surface area (Å²) >= 11 is 0. The molecule has 2 amide bonds. The van der Waals surface area contributed by atoms with E-state index in [4.69, 9.17) is 9.47 Å². The lowest BCUT2D eigenvalue weighted by Gasteiger charge is -2.24. The van der Waals surface area contributed by atoms with Crippen LogP contribution >= 0.6 is 0 Å². The second kappa shape index (κ2) is 5.04. The van der Waals surface area contributed by atoms with Gasteiger partial charge in [0, 0.05) is 6.04 Å². The molecule has 1 rings (SSSR count). The minimum atomic E-state index is -0.313. The lowest BCUT2D eigenvalue weighted by molar-refractivity contribution is -0.0959. The molecule has 1 aliphatic heterocycles. The second-order valence-corrected chi connectivity index (χ2v) is 3.21. The molecule has 1 heterocycles. The van der Waals surface area contributed by atoms with Crippen LogP contribution < -0.4 is 10.6 Å². The highest BCUT2D eigenvalue weighted by atomic mass is 16.6. The molecule has 13 heavy (non-hydrogen) atoms. The smallest absolute Gasteiger partial charge is 0.317 e. The zero-order chi connectivity index (χ0) is 9.68. The molecule has 76 valence electrons. The number of rotatable bonds is 2. The summed E-state index contributed by atoms with van der Waals surface area (Å²) in [6.07, 6.45) is -0.313. The molecule has 1 unspecified atom stereocenters. The molecule has 0 aliphatic carbocycles. The summed E-state index contributed by atoms with van der Waals surface area (Å²) in [7, 11) is 0. The molecule has 0 aromatic rings. The fourth-order valence-corrected chi connectivity index (χ4v) is 1.02. The van der Waals surface area contributed by atoms with Crippen molar-refractivity contribution in [2.24, 2.45) is 0 Å². The molecule has 5 heteroatoms. The highest BCUT2D eigenvalue weighted by Gasteiger charge is 2.16. The standard InChI is InChI=1S/C8H16N2O3/c1-6(2)9-8(11)10-7-5-12-3-4-13-7/h6-7H,3-5H2,1-2H3,(H2,9,10,11). The SMILES string of the molecule is CC(C)NC(=O)NC1COCCO1. The molecule has 1 aliphatic rings. The fourth-order valence-electron chi connectivity index (χ4n) is 1.02. The van der Waals surface area contributed by atoms with Crippen LogP contribution in [-0.4, -0.2) is 38.1 Å². The van der Waals surface area contributed by atoms with Crippen LogP contribution in [0.15, 0.2) is 0 Å². The van der Waals surface area contributed by atoms with Crippen molar-refractivity contribution in [2.75, 3.05) is 19.8 Å². The molecule has 0 saturated carbocycles. The van der Waals surface area contributed by atoms with Crippen molar-refractivity contribution in [3.05, 3.63) is 0 Å². The summed E-state index contributed by atoms with van der Waals surface area (Å²) in [6.45, 7) is 5.36. The third-order valence-electron chi connectivity index (χ3n) is 1.53. The number of hydrogen-bond donors (Lipinski definition) is 2. The van der Waals surface area contributed by atoms with Gasteiger partial charge in [0.1, 0.15) is 0 Å². The second-order valence-electron chi connectivity index (χ2n) is 3.21. The van der Waals surface area contributed by atoms with E-state index < -0.39 is 0 Å². The van der Waals surface area contributed by atoms with Crippen molar-refractivity contribution in [3.63, 3.8) is 0 Å². The van der Waals surface area contributed by atoms with Crippen LogP contribution in [0.1, 0.15) is 13.8 Å². The van der Waals surface area contributed by atoms with E-state index in [0.717, 1.165) is 0 Å². The first-order valence-electron chi connectivity index (χ1n) is 4.45. The normalized spacial score (nSPS) is 22.8. The Kier molecular flexibility index (Phi) is 3.98. The van der Waals surface area contributed by atoms with Gasteiger partial charge in [-0.05, 0) is 13.8 Å². The summed E-state index contributed by atoms with van der Waals surface area (Å²) in [5, 5.41) is 5.36. The van der Waals surface area contributed by atoms with Crippen LogP contribution in [0.4, 0.5) is 4.79 Å². The lowest BCUT2D eigenvalue weighted by Crippen LogP contribution is -2.49. The Morgan fingerprint density at radius 1 is 1.46 bits per heavy atom. The van der Waals surface area contributed by atoms with E-state index in [-0.39, 0.29) is 18.3 Å². The Bertz CT molecular complexity index is 167. The van der Waals surface area contributed by atoms with Gasteiger partial charge < -0.3 is 20.1 Å². The average molecular weight is 188 g/mol. The van der Waals surface area contributed by atoms with Crippen LogP contribution in [0.25, 0.3) is 0 Å². The fraction of sp³-hybridized carbons (Fsp3) is 0.875. The molecule has 1 fully saturated rings. The third-order valence-corrected chi connectivity index (χ3v) is 1.53. The van der Waals surface area contributed by atoms with E-state index >= 15 is 0 Å². The molecule has 2 N–H and O–H groups in total. The largest absolute Gasteiger partial charge is 0.374 e. The highest BCUT2D eigenvalue weighted by Crippen LogP contribution is 1.96. The van der Waals surface area contributed by atoms with Gasteiger partial charge in [0.05, 0.1) is 19.8 Å². The molecule has 1 atom stereocenters. The predicted molar refractivity (Wildman–Crippen MR) is 47.4 cm³/mol. The summed E-state index contributed by atoms with van der Waals surface area (Å²) in [6, 6.07) is -0.0880. The number of urea groups is 1. The van der Waals surface area contributed by atoms with Crippen molar-refractivity contribution in [1.29, 1.82) is 0 Å². The maximum Gasteiger partial charge on any atom is 0.317 e. The Hall–Kier alpha value is -0.810. The van der Waals surface area contributed by atoms with Gasteiger partial charge in [0.15, 0.2) is 6.23 Å². The van der Waals surface area contributed by atoms with Gasteiger partial charge in [0.2, 0.25) is 0 Å². The van der Waals surface area contributed by atoms with Crippen LogP contribution in [0.3, 0.4) is 0 Å². The quantitative estimate of drug-likeness (QED) is 0.644. The van der Waals surface area contributed by atoms with Crippen molar-refractivity contribution in [1.82, 2.24) is 10.6 Å². The molecule has 0 spiro atoms. The zero-order valence-electron chi connectivity index (χ0n) is 8.00. The Balaban J connectivity index is 2.18. The van der Waals surface area contributed by atoms with Gasteiger partial charge in [-0.1, -0.05) is 0 Å². The number of amides is 2. The van der Waals surface area contributed by atoms with E-state index in [1.807, 2.05) is 13.8 Å². The first-order chi connectivity index (χ1) is 6.18. The monoisotopic (exact) mass is 188 g/mol. The number of nitrogens with one attached hydrogen (secondary N) is 2. The summed E-state index contributed by atoms with van der Waals surface area (Å²) in [4.78, 5) is 11.2. The third kappa shape index (κ3) is 4.10. The highest BCUT2D eigenvalue weighted by molar-refractivity contribution is 5.74. The van der Waals surface area contributed by atoms with Crippen LogP contribution in [-0.2, 0) is 9.47 Å². The predicted octanol–water partition coefficient (Wildman–Crippen LogP) is 0.0669. The minimum absolute atomic E-state index is 0.129. The molecule has 1 saturated heterocycles. The molecular weight excluding hydrogens is 172 g/mol. The molecule has 0 aromatic heterocycles. The van der Waals surface area contributed by atoms with E-state index in [0.29, 0.717) is 19.8 Å². The number of carbonyl (C=O) groups excluding carboxylic acids is 1. The zero-order valence-corrected chi connectivity index (χ0v) is 8.00. The average Bonchev–Trinajstić information content (AvgIpc) is 2.04. The van der Waals surface area contributed by atoms with Crippen LogP contribution in [0.5, 0.6) is 0 Å². The summed E-state index contributed by atoms with van der Waals surface area (Å²) in [5.41, 5.74) is 0. The molecule has 0 aromatic carbocycles. The van der Waals surface area contributed by atoms with Crippen molar-refractivity contribution in [3.8, 4) is 0 Å². The molecular formula is C8H16N2O3. The number of ether oxygens (including phenoxy) is 2. The Morgan fingerprint density at radius 2 is 2.23 bits per heavy atom. The van der Waals surface area contributed by atoms with Crippen molar-refractivity contribution < 1.29 is 14.3 Å². The van der Waals surface area contributed by atoms with E-state index in [1.165, 1.54) is 0 Å². The summed E-state index contributed by atoms with van der Waals surface area (Å²) < 4.78 is 10.4. The lowest BCUT2D eigenvalue weighted by atomic mass is 10.4. The van der Waals surface area contributed by atoms with E-state index in [2.05, 4.69) is 10.6 Å². The number of carbonyl (C=O) groups is 1. The molecule has 0 radical (unpaired) electrons. The van der Waals surface area contributed by atoms with Crippen molar-refractivity contribution >= 4 is 6.03 Å². The molecule has 5 nitrogen and oxygen atoms in total. The first kappa shape index (κ1) is 10.3. The maximum absolute atomic E-state index is 11.2. The van der Waals surface area contributed by atoms with Gasteiger partial charge >= 0.3 is 6.03 Å². The topological polar surface area (TPSA) is 59.6 Å². The summed E-state index contributed by atoms with van der Waals surface area (Å²) in [5.74, 6) is 0. The first-order valence-corrected chi connectivity index (χ1v) is 4.45. The van der Waals surface area contributed by atoms with E-state index in [1.54, 1.807) is 0 Å². The Labute approximate surface area is 77.8 Å². The Morgan fingerprint density at radius 3 is 2.77 bits per heavy atom. The van der Waals surface area contributed by atoms with Gasteiger partial charge in [-0.2, -0.15) is 0 Å². The van der Waals surface area contributed by atoms with Gasteiger partial charge in [-0.25, -0.2) is 4.79 Å². The van der Waals surface area contributed by atoms with Gasteiger partial charge in [-0.15, -0.1) is 0 Å². The molecule has 0 bridgehead atoms. The number of hydrogen-bond acceptors (Lipinski definition) is 3. The van der Waals surface area contributed by atoms with Gasteiger partial charge in [0.25, 0.3) is 0 Å². The van der Waals surface area contributed by atoms with Crippen molar-refractivity contribution in [2.45, 2.75) is 26.1 Å². The van der Waals surface area contributed by atoms with Crippen LogP contribution in [0, 0.1) is 0 Å². The minimum Gasteiger partial charge on any atom is -0.374 e. The van der Waals surface area contributed by atoms with Crippen LogP contribution in [0.2, 0.25) is 0 Å².